The molecule has 1 aromatic rings. The third-order valence-electron chi connectivity index (χ3n) is 5.28. The first-order chi connectivity index (χ1) is 11.6. The van der Waals surface area contributed by atoms with Crippen LogP contribution in [-0.4, -0.2) is 46.4 Å². The Morgan fingerprint density at radius 1 is 1.25 bits per heavy atom. The van der Waals surface area contributed by atoms with E-state index in [1.54, 1.807) is 0 Å². The van der Waals surface area contributed by atoms with Crippen LogP contribution >= 0.6 is 0 Å². The van der Waals surface area contributed by atoms with Crippen LogP contribution in [0.2, 0.25) is 0 Å². The summed E-state index contributed by atoms with van der Waals surface area (Å²) in [4.78, 5) is 21.4. The summed E-state index contributed by atoms with van der Waals surface area (Å²) < 4.78 is 0. The van der Waals surface area contributed by atoms with E-state index in [4.69, 9.17) is 0 Å². The van der Waals surface area contributed by atoms with Crippen LogP contribution in [0.3, 0.4) is 0 Å². The maximum atomic E-state index is 12.4. The highest BCUT2D eigenvalue weighted by molar-refractivity contribution is 5.92. The van der Waals surface area contributed by atoms with Gasteiger partial charge in [-0.05, 0) is 43.7 Å². The molecule has 3 heterocycles. The molecular weight excluding hydrogens is 298 g/mol. The number of pyridine rings is 1. The van der Waals surface area contributed by atoms with Crippen LogP contribution in [0.5, 0.6) is 0 Å². The fourth-order valence-corrected chi connectivity index (χ4v) is 3.68. The van der Waals surface area contributed by atoms with Crippen LogP contribution in [0, 0.1) is 11.8 Å². The average Bonchev–Trinajstić information content (AvgIpc) is 3.13. The van der Waals surface area contributed by atoms with Gasteiger partial charge in [-0.25, -0.2) is 4.98 Å². The highest BCUT2D eigenvalue weighted by Gasteiger charge is 2.37. The average molecular weight is 332 g/mol. The summed E-state index contributed by atoms with van der Waals surface area (Å²) in [6.07, 6.45) is 2.24. The largest absolute Gasteiger partial charge is 0.337 e. The minimum absolute atomic E-state index is 0.0936. The monoisotopic (exact) mass is 331 g/mol. The van der Waals surface area contributed by atoms with Gasteiger partial charge < -0.3 is 4.90 Å². The fourth-order valence-electron chi connectivity index (χ4n) is 3.68. The molecule has 0 saturated carbocycles. The number of rotatable bonds is 4. The van der Waals surface area contributed by atoms with Crippen molar-refractivity contribution >= 4 is 5.91 Å². The van der Waals surface area contributed by atoms with Crippen molar-refractivity contribution in [3.63, 3.8) is 0 Å². The molecule has 2 fully saturated rings. The third-order valence-corrected chi connectivity index (χ3v) is 5.28. The van der Waals surface area contributed by atoms with Gasteiger partial charge in [0.2, 0.25) is 0 Å². The molecule has 24 heavy (non-hydrogen) atoms. The van der Waals surface area contributed by atoms with E-state index >= 15 is 0 Å². The second-order valence-electron chi connectivity index (χ2n) is 7.09. The van der Waals surface area contributed by atoms with E-state index in [-0.39, 0.29) is 5.91 Å². The summed E-state index contributed by atoms with van der Waals surface area (Å²) in [5.41, 5.74) is 1.62. The molecule has 0 radical (unpaired) electrons. The predicted octanol–water partition coefficient (Wildman–Crippen LogP) is 3.82. The molecule has 2 aliphatic heterocycles. The third kappa shape index (κ3) is 4.15. The SMILES string of the molecule is CC.CC(C)C1CN(Cc2cccc(C(=O)N3CCCC3)n2)C1C. The van der Waals surface area contributed by atoms with Crippen molar-refractivity contribution in [2.24, 2.45) is 11.8 Å². The van der Waals surface area contributed by atoms with Gasteiger partial charge in [-0.1, -0.05) is 33.8 Å². The summed E-state index contributed by atoms with van der Waals surface area (Å²) >= 11 is 0. The second kappa shape index (κ2) is 8.61. The number of aromatic nitrogens is 1. The van der Waals surface area contributed by atoms with Gasteiger partial charge in [-0.2, -0.15) is 0 Å². The zero-order chi connectivity index (χ0) is 17.7. The Morgan fingerprint density at radius 3 is 2.50 bits per heavy atom. The lowest BCUT2D eigenvalue weighted by Crippen LogP contribution is -2.55. The Kier molecular flexibility index (Phi) is 6.79. The molecule has 2 saturated heterocycles. The van der Waals surface area contributed by atoms with E-state index in [1.807, 2.05) is 36.9 Å². The quantitative estimate of drug-likeness (QED) is 0.841. The van der Waals surface area contributed by atoms with Gasteiger partial charge in [0.1, 0.15) is 5.69 Å². The summed E-state index contributed by atoms with van der Waals surface area (Å²) in [6.45, 7) is 14.6. The van der Waals surface area contributed by atoms with Gasteiger partial charge in [-0.15, -0.1) is 0 Å². The fraction of sp³-hybridized carbons (Fsp3) is 0.700. The number of hydrogen-bond donors (Lipinski definition) is 0. The van der Waals surface area contributed by atoms with Gasteiger partial charge in [0.25, 0.3) is 5.91 Å². The molecule has 0 N–H and O–H groups in total. The summed E-state index contributed by atoms with van der Waals surface area (Å²) in [6, 6.07) is 6.46. The number of nitrogens with zero attached hydrogens (tertiary/aromatic N) is 3. The normalized spacial score (nSPS) is 23.7. The lowest BCUT2D eigenvalue weighted by molar-refractivity contribution is -0.00752. The van der Waals surface area contributed by atoms with Crippen molar-refractivity contribution in [1.82, 2.24) is 14.8 Å². The van der Waals surface area contributed by atoms with Gasteiger partial charge in [-0.3, -0.25) is 9.69 Å². The predicted molar refractivity (Wildman–Crippen MR) is 98.9 cm³/mol. The summed E-state index contributed by atoms with van der Waals surface area (Å²) in [7, 11) is 0. The molecular formula is C20H33N3O. The molecule has 2 unspecified atom stereocenters. The van der Waals surface area contributed by atoms with E-state index in [9.17, 15) is 4.79 Å². The van der Waals surface area contributed by atoms with Crippen LogP contribution in [0.25, 0.3) is 0 Å². The van der Waals surface area contributed by atoms with Crippen LogP contribution in [-0.2, 0) is 6.54 Å². The zero-order valence-corrected chi connectivity index (χ0v) is 16.0. The Hall–Kier alpha value is -1.42. The number of carbonyl (C=O) groups is 1. The van der Waals surface area contributed by atoms with Crippen LogP contribution in [0.15, 0.2) is 18.2 Å². The van der Waals surface area contributed by atoms with Crippen LogP contribution < -0.4 is 0 Å². The molecule has 3 rings (SSSR count). The van der Waals surface area contributed by atoms with Crippen LogP contribution in [0.4, 0.5) is 0 Å². The Balaban J connectivity index is 0.00000100. The van der Waals surface area contributed by atoms with E-state index in [1.165, 1.54) is 0 Å². The van der Waals surface area contributed by atoms with Crippen molar-refractivity contribution in [1.29, 1.82) is 0 Å². The number of hydrogen-bond acceptors (Lipinski definition) is 3. The highest BCUT2D eigenvalue weighted by atomic mass is 16.2. The standard InChI is InChI=1S/C18H27N3O.C2H6/c1-13(2)16-12-21(14(16)3)11-15-7-6-8-17(19-15)18(22)20-9-4-5-10-20;1-2/h6-8,13-14,16H,4-5,9-12H2,1-3H3;1-2H3. The van der Waals surface area contributed by atoms with Gasteiger partial charge in [0.05, 0.1) is 5.69 Å². The van der Waals surface area contributed by atoms with Crippen molar-refractivity contribution < 1.29 is 4.79 Å². The Bertz CT molecular complexity index is 537. The van der Waals surface area contributed by atoms with Crippen molar-refractivity contribution in [2.45, 2.75) is 60.0 Å². The summed E-state index contributed by atoms with van der Waals surface area (Å²) in [5.74, 6) is 1.62. The minimum atomic E-state index is 0.0936. The van der Waals surface area contributed by atoms with Crippen molar-refractivity contribution in [3.8, 4) is 0 Å². The first kappa shape index (κ1) is 18.9. The van der Waals surface area contributed by atoms with E-state index < -0.39 is 0 Å². The Morgan fingerprint density at radius 2 is 1.92 bits per heavy atom. The molecule has 0 bridgehead atoms. The molecule has 134 valence electrons. The number of likely N-dealkylation sites (tertiary alicyclic amines) is 2. The maximum Gasteiger partial charge on any atom is 0.272 e. The van der Waals surface area contributed by atoms with E-state index in [0.29, 0.717) is 11.7 Å². The number of carbonyl (C=O) groups excluding carboxylic acids is 1. The summed E-state index contributed by atoms with van der Waals surface area (Å²) in [5, 5.41) is 0. The first-order valence-corrected chi connectivity index (χ1v) is 9.55. The number of amides is 1. The molecule has 4 heteroatoms. The topological polar surface area (TPSA) is 36.4 Å². The maximum absolute atomic E-state index is 12.4. The molecule has 1 aromatic heterocycles. The molecule has 0 aromatic carbocycles. The molecule has 0 aliphatic carbocycles. The van der Waals surface area contributed by atoms with Gasteiger partial charge in [0.15, 0.2) is 0 Å². The second-order valence-corrected chi connectivity index (χ2v) is 7.09. The first-order valence-electron chi connectivity index (χ1n) is 9.55. The highest BCUT2D eigenvalue weighted by Crippen LogP contribution is 2.31. The Labute approximate surface area is 147 Å². The van der Waals surface area contributed by atoms with Crippen LogP contribution in [0.1, 0.15) is 63.6 Å². The molecule has 2 atom stereocenters. The minimum Gasteiger partial charge on any atom is -0.337 e. The molecule has 1 amide bonds. The van der Waals surface area contributed by atoms with Crippen molar-refractivity contribution in [2.75, 3.05) is 19.6 Å². The van der Waals surface area contributed by atoms with Gasteiger partial charge >= 0.3 is 0 Å². The molecule has 4 nitrogen and oxygen atoms in total. The lowest BCUT2D eigenvalue weighted by Gasteiger charge is -2.48. The lowest BCUT2D eigenvalue weighted by atomic mass is 9.81. The van der Waals surface area contributed by atoms with Crippen molar-refractivity contribution in [3.05, 3.63) is 29.6 Å². The molecule has 2 aliphatic rings. The van der Waals surface area contributed by atoms with E-state index in [2.05, 4.69) is 30.7 Å². The van der Waals surface area contributed by atoms with E-state index in [0.717, 1.165) is 56.6 Å². The molecule has 0 spiro atoms. The van der Waals surface area contributed by atoms with Gasteiger partial charge in [0, 0.05) is 32.2 Å². The smallest absolute Gasteiger partial charge is 0.272 e. The zero-order valence-electron chi connectivity index (χ0n) is 16.0.